The van der Waals surface area contributed by atoms with Gasteiger partial charge in [-0.15, -0.1) is 10.2 Å². The predicted molar refractivity (Wildman–Crippen MR) is 116 cm³/mol. The largest absolute Gasteiger partial charge is 0.483 e. The molecule has 7 heteroatoms. The highest BCUT2D eigenvalue weighted by Crippen LogP contribution is 2.24. The molecule has 158 valence electrons. The third-order valence-corrected chi connectivity index (χ3v) is 6.45. The summed E-state index contributed by atoms with van der Waals surface area (Å²) in [5.74, 6) is 1.99. The van der Waals surface area contributed by atoms with Gasteiger partial charge >= 0.3 is 0 Å². The number of hydrogen-bond donors (Lipinski definition) is 1. The van der Waals surface area contributed by atoms with E-state index in [1.807, 2.05) is 30.7 Å². The van der Waals surface area contributed by atoms with Crippen LogP contribution in [0.5, 0.6) is 5.75 Å². The number of nitrogens with one attached hydrogen (secondary N) is 1. The van der Waals surface area contributed by atoms with Crippen molar-refractivity contribution in [2.75, 3.05) is 5.75 Å². The highest BCUT2D eigenvalue weighted by Gasteiger charge is 2.19. The zero-order valence-electron chi connectivity index (χ0n) is 17.7. The van der Waals surface area contributed by atoms with Gasteiger partial charge in [-0.05, 0) is 43.9 Å². The van der Waals surface area contributed by atoms with Crippen molar-refractivity contribution >= 4 is 17.7 Å². The fraction of sp³-hybridized carbons (Fsp3) is 0.591. The second kappa shape index (κ2) is 10.7. The Morgan fingerprint density at radius 1 is 1.21 bits per heavy atom. The van der Waals surface area contributed by atoms with Gasteiger partial charge in [0.25, 0.3) is 0 Å². The second-order valence-electron chi connectivity index (χ2n) is 7.70. The van der Waals surface area contributed by atoms with Crippen LogP contribution in [0.25, 0.3) is 0 Å². The van der Waals surface area contributed by atoms with Gasteiger partial charge in [-0.1, -0.05) is 56.5 Å². The quantitative estimate of drug-likeness (QED) is 0.509. The molecule has 0 aliphatic heterocycles. The molecule has 1 fully saturated rings. The molecule has 0 bridgehead atoms. The molecule has 1 atom stereocenters. The first-order chi connectivity index (χ1) is 14.1. The summed E-state index contributed by atoms with van der Waals surface area (Å²) < 4.78 is 7.93. The molecule has 6 nitrogen and oxygen atoms in total. The number of nitrogens with zero attached hydrogens (tertiary/aromatic N) is 3. The molecule has 1 aromatic carbocycles. The van der Waals surface area contributed by atoms with Crippen LogP contribution in [0.3, 0.4) is 0 Å². The van der Waals surface area contributed by atoms with Crippen LogP contribution in [0.2, 0.25) is 0 Å². The van der Waals surface area contributed by atoms with Crippen LogP contribution in [0.4, 0.5) is 0 Å². The Labute approximate surface area is 177 Å². The summed E-state index contributed by atoms with van der Waals surface area (Å²) in [7, 11) is 1.92. The highest BCUT2D eigenvalue weighted by atomic mass is 32.2. The molecule has 1 amide bonds. The molecule has 0 saturated heterocycles. The Morgan fingerprint density at radius 3 is 2.55 bits per heavy atom. The van der Waals surface area contributed by atoms with Crippen LogP contribution in [0.15, 0.2) is 29.4 Å². The number of benzene rings is 1. The lowest BCUT2D eigenvalue weighted by Crippen LogP contribution is -2.35. The van der Waals surface area contributed by atoms with Crippen LogP contribution >= 0.6 is 11.8 Å². The van der Waals surface area contributed by atoms with Crippen molar-refractivity contribution in [1.82, 2.24) is 20.1 Å². The van der Waals surface area contributed by atoms with Crippen LogP contribution in [0.1, 0.15) is 69.9 Å². The maximum atomic E-state index is 12.3. The van der Waals surface area contributed by atoms with Crippen LogP contribution in [-0.2, 0) is 18.3 Å². The van der Waals surface area contributed by atoms with Gasteiger partial charge in [-0.2, -0.15) is 0 Å². The van der Waals surface area contributed by atoms with Crippen LogP contribution in [0, 0.1) is 0 Å². The summed E-state index contributed by atoms with van der Waals surface area (Å²) in [5.41, 5.74) is 1.28. The van der Waals surface area contributed by atoms with Crippen molar-refractivity contribution in [3.63, 3.8) is 0 Å². The average Bonchev–Trinajstić information content (AvgIpc) is 2.91. The fourth-order valence-corrected chi connectivity index (χ4v) is 4.42. The minimum absolute atomic E-state index is 0.0757. The van der Waals surface area contributed by atoms with Gasteiger partial charge in [-0.25, -0.2) is 0 Å². The van der Waals surface area contributed by atoms with Gasteiger partial charge in [0.15, 0.2) is 17.1 Å². The Bertz CT molecular complexity index is 783. The van der Waals surface area contributed by atoms with E-state index in [9.17, 15) is 4.79 Å². The predicted octanol–water partition coefficient (Wildman–Crippen LogP) is 4.45. The average molecular weight is 417 g/mol. The minimum atomic E-state index is -0.228. The number of hydrogen-bond acceptors (Lipinski definition) is 5. The van der Waals surface area contributed by atoms with Gasteiger partial charge in [0.1, 0.15) is 5.75 Å². The number of thioether (sulfide) groups is 1. The van der Waals surface area contributed by atoms with E-state index in [1.54, 1.807) is 0 Å². The molecule has 3 rings (SSSR count). The number of amides is 1. The normalized spacial score (nSPS) is 16.2. The Balaban J connectivity index is 1.51. The van der Waals surface area contributed by atoms with E-state index in [0.717, 1.165) is 36.0 Å². The van der Waals surface area contributed by atoms with E-state index < -0.39 is 0 Å². The smallest absolute Gasteiger partial charge is 0.230 e. The molecule has 1 N–H and O–H groups in total. The first-order valence-corrected chi connectivity index (χ1v) is 11.6. The minimum Gasteiger partial charge on any atom is -0.483 e. The molecular weight excluding hydrogens is 384 g/mol. The molecular formula is C22H32N4O2S. The summed E-state index contributed by atoms with van der Waals surface area (Å²) in [4.78, 5) is 12.3. The maximum Gasteiger partial charge on any atom is 0.230 e. The summed E-state index contributed by atoms with van der Waals surface area (Å²) in [6, 6.07) is 8.45. The van der Waals surface area contributed by atoms with E-state index in [-0.39, 0.29) is 12.0 Å². The number of aryl methyl sites for hydroxylation is 1. The molecule has 1 saturated carbocycles. The Morgan fingerprint density at radius 2 is 1.90 bits per heavy atom. The van der Waals surface area contributed by atoms with Crippen molar-refractivity contribution in [3.8, 4) is 5.75 Å². The zero-order chi connectivity index (χ0) is 20.6. The lowest BCUT2D eigenvalue weighted by molar-refractivity contribution is -0.119. The van der Waals surface area contributed by atoms with E-state index in [0.29, 0.717) is 11.8 Å². The molecule has 1 unspecified atom stereocenters. The standard InChI is InChI=1S/C22H32N4O2S/c1-4-17-11-13-19(14-12-17)28-16(2)21-24-25-22(26(21)3)29-15-20(27)23-18-9-7-5-6-8-10-18/h11-14,16,18H,4-10,15H2,1-3H3,(H,23,27). The number of carbonyl (C=O) groups excluding carboxylic acids is 1. The lowest BCUT2D eigenvalue weighted by atomic mass is 10.1. The molecule has 1 aliphatic rings. The SMILES string of the molecule is CCc1ccc(OC(C)c2nnc(SCC(=O)NC3CCCCCC3)n2C)cc1. The third-order valence-electron chi connectivity index (χ3n) is 5.43. The fourth-order valence-electron chi connectivity index (χ4n) is 3.69. The van der Waals surface area contributed by atoms with Crippen molar-refractivity contribution in [1.29, 1.82) is 0 Å². The Kier molecular flexibility index (Phi) is 7.98. The number of rotatable bonds is 8. The molecule has 0 spiro atoms. The topological polar surface area (TPSA) is 69.0 Å². The zero-order valence-corrected chi connectivity index (χ0v) is 18.5. The van der Waals surface area contributed by atoms with Gasteiger partial charge < -0.3 is 14.6 Å². The first-order valence-electron chi connectivity index (χ1n) is 10.6. The van der Waals surface area contributed by atoms with Crippen LogP contribution < -0.4 is 10.1 Å². The van der Waals surface area contributed by atoms with E-state index in [4.69, 9.17) is 4.74 Å². The van der Waals surface area contributed by atoms with Crippen molar-refractivity contribution in [2.24, 2.45) is 7.05 Å². The maximum absolute atomic E-state index is 12.3. The van der Waals surface area contributed by atoms with Gasteiger partial charge in [-0.3, -0.25) is 4.79 Å². The number of carbonyl (C=O) groups is 1. The van der Waals surface area contributed by atoms with Crippen molar-refractivity contribution < 1.29 is 9.53 Å². The molecule has 1 aliphatic carbocycles. The van der Waals surface area contributed by atoms with E-state index in [1.165, 1.54) is 43.0 Å². The summed E-state index contributed by atoms with van der Waals surface area (Å²) in [5, 5.41) is 12.5. The molecule has 2 aromatic rings. The van der Waals surface area contributed by atoms with Gasteiger partial charge in [0, 0.05) is 13.1 Å². The first kappa shape index (κ1) is 21.7. The molecule has 29 heavy (non-hydrogen) atoms. The number of ether oxygens (including phenoxy) is 1. The summed E-state index contributed by atoms with van der Waals surface area (Å²) in [6.45, 7) is 4.10. The molecule has 0 radical (unpaired) electrons. The number of aromatic nitrogens is 3. The van der Waals surface area contributed by atoms with Crippen molar-refractivity contribution in [2.45, 2.75) is 76.1 Å². The lowest BCUT2D eigenvalue weighted by Gasteiger charge is -2.16. The van der Waals surface area contributed by atoms with E-state index in [2.05, 4.69) is 34.6 Å². The van der Waals surface area contributed by atoms with Gasteiger partial charge in [0.2, 0.25) is 5.91 Å². The second-order valence-corrected chi connectivity index (χ2v) is 8.64. The summed E-state index contributed by atoms with van der Waals surface area (Å²) >= 11 is 1.42. The third kappa shape index (κ3) is 6.23. The summed E-state index contributed by atoms with van der Waals surface area (Å²) in [6.07, 6.45) is 7.96. The van der Waals surface area contributed by atoms with Gasteiger partial charge in [0.05, 0.1) is 5.75 Å². The molecule has 1 heterocycles. The van der Waals surface area contributed by atoms with Crippen molar-refractivity contribution in [3.05, 3.63) is 35.7 Å². The molecule has 1 aromatic heterocycles. The van der Waals surface area contributed by atoms with Crippen LogP contribution in [-0.4, -0.2) is 32.5 Å². The van der Waals surface area contributed by atoms with E-state index >= 15 is 0 Å². The monoisotopic (exact) mass is 416 g/mol. The Hall–Kier alpha value is -2.02. The highest BCUT2D eigenvalue weighted by molar-refractivity contribution is 7.99.